The maximum atomic E-state index is 11.3. The first kappa shape index (κ1) is 12.4. The van der Waals surface area contributed by atoms with Crippen LogP contribution in [0.15, 0.2) is 0 Å². The highest BCUT2D eigenvalue weighted by Crippen LogP contribution is 2.12. The Hall–Kier alpha value is -0.690. The summed E-state index contributed by atoms with van der Waals surface area (Å²) in [5, 5.41) is 2.72. The van der Waals surface area contributed by atoms with E-state index in [0.717, 1.165) is 0 Å². The first-order valence-electron chi connectivity index (χ1n) is 4.67. The first-order valence-corrected chi connectivity index (χ1v) is 6.90. The van der Waals surface area contributed by atoms with E-state index >= 15 is 0 Å². The molecule has 0 aromatic heterocycles. The summed E-state index contributed by atoms with van der Waals surface area (Å²) in [6.45, 7) is 0. The van der Waals surface area contributed by atoms with Gasteiger partial charge in [-0.15, -0.1) is 0 Å². The number of thiocarbonyl (C=S) groups is 1. The number of amides is 1. The number of hydrogen-bond acceptors (Lipinski definition) is 4. The minimum absolute atomic E-state index is 0.0264. The van der Waals surface area contributed by atoms with Crippen molar-refractivity contribution in [3.05, 3.63) is 0 Å². The molecule has 1 saturated heterocycles. The second kappa shape index (κ2) is 4.89. The number of carbonyl (C=O) groups excluding carboxylic acids is 1. The molecule has 0 saturated carbocycles. The Labute approximate surface area is 94.3 Å². The van der Waals surface area contributed by atoms with E-state index in [2.05, 4.69) is 17.5 Å². The van der Waals surface area contributed by atoms with E-state index < -0.39 is 9.84 Å². The quantitative estimate of drug-likeness (QED) is 0.650. The second-order valence-electron chi connectivity index (χ2n) is 3.64. The lowest BCUT2D eigenvalue weighted by Crippen LogP contribution is -2.41. The molecule has 0 aliphatic carbocycles. The van der Waals surface area contributed by atoms with Crippen LogP contribution in [0.25, 0.3) is 0 Å². The van der Waals surface area contributed by atoms with Crippen molar-refractivity contribution in [1.29, 1.82) is 0 Å². The second-order valence-corrected chi connectivity index (χ2v) is 6.46. The van der Waals surface area contributed by atoms with E-state index in [4.69, 9.17) is 5.73 Å². The molecule has 1 rings (SSSR count). The minimum Gasteiger partial charge on any atom is -0.393 e. The number of carbonyl (C=O) groups is 1. The lowest BCUT2D eigenvalue weighted by Gasteiger charge is -2.22. The molecule has 1 fully saturated rings. The van der Waals surface area contributed by atoms with Crippen molar-refractivity contribution in [2.75, 3.05) is 11.5 Å². The first-order chi connectivity index (χ1) is 6.89. The molecule has 0 bridgehead atoms. The molecule has 5 nitrogen and oxygen atoms in total. The Balaban J connectivity index is 2.36. The van der Waals surface area contributed by atoms with Crippen molar-refractivity contribution in [1.82, 2.24) is 5.32 Å². The summed E-state index contributed by atoms with van der Waals surface area (Å²) in [6.07, 6.45) is 0.982. The van der Waals surface area contributed by atoms with E-state index in [1.807, 2.05) is 0 Å². The van der Waals surface area contributed by atoms with Crippen molar-refractivity contribution in [3.8, 4) is 0 Å². The number of nitrogens with one attached hydrogen (secondary N) is 1. The van der Waals surface area contributed by atoms with Gasteiger partial charge in [-0.05, 0) is 12.8 Å². The lowest BCUT2D eigenvalue weighted by atomic mass is 10.1. The molecular formula is C8H14N2O3S2. The van der Waals surface area contributed by atoms with Crippen LogP contribution in [0.2, 0.25) is 0 Å². The van der Waals surface area contributed by atoms with Gasteiger partial charge in [-0.3, -0.25) is 4.79 Å². The van der Waals surface area contributed by atoms with E-state index in [9.17, 15) is 13.2 Å². The van der Waals surface area contributed by atoms with Crippen molar-refractivity contribution < 1.29 is 13.2 Å². The van der Waals surface area contributed by atoms with Gasteiger partial charge in [0.05, 0.1) is 22.9 Å². The fraction of sp³-hybridized carbons (Fsp3) is 0.750. The largest absolute Gasteiger partial charge is 0.393 e. The van der Waals surface area contributed by atoms with Crippen LogP contribution in [-0.4, -0.2) is 36.9 Å². The highest BCUT2D eigenvalue weighted by molar-refractivity contribution is 7.91. The zero-order chi connectivity index (χ0) is 11.5. The van der Waals surface area contributed by atoms with Gasteiger partial charge in [-0.1, -0.05) is 12.2 Å². The highest BCUT2D eigenvalue weighted by Gasteiger charge is 2.24. The number of sulfone groups is 1. The van der Waals surface area contributed by atoms with Gasteiger partial charge in [0.2, 0.25) is 5.91 Å². The standard InChI is InChI=1S/C8H14N2O3S2/c9-7(14)5-8(11)10-6-1-3-15(12,13)4-2-6/h6H,1-5H2,(H2,9,14)(H,10,11). The van der Waals surface area contributed by atoms with E-state index in [1.54, 1.807) is 0 Å². The maximum absolute atomic E-state index is 11.3. The molecule has 15 heavy (non-hydrogen) atoms. The number of hydrogen-bond donors (Lipinski definition) is 2. The summed E-state index contributed by atoms with van der Waals surface area (Å²) >= 11 is 4.60. The van der Waals surface area contributed by atoms with Crippen molar-refractivity contribution in [2.45, 2.75) is 25.3 Å². The van der Waals surface area contributed by atoms with Gasteiger partial charge in [-0.25, -0.2) is 8.42 Å². The molecule has 0 spiro atoms. The predicted molar refractivity (Wildman–Crippen MR) is 61.2 cm³/mol. The Morgan fingerprint density at radius 1 is 1.40 bits per heavy atom. The third kappa shape index (κ3) is 4.57. The van der Waals surface area contributed by atoms with Gasteiger partial charge in [0.15, 0.2) is 0 Å². The molecule has 86 valence electrons. The van der Waals surface area contributed by atoms with Gasteiger partial charge in [0.1, 0.15) is 9.84 Å². The Kier molecular flexibility index (Phi) is 4.04. The van der Waals surface area contributed by atoms with Crippen LogP contribution in [0.3, 0.4) is 0 Å². The third-order valence-electron chi connectivity index (χ3n) is 2.25. The average molecular weight is 250 g/mol. The monoisotopic (exact) mass is 250 g/mol. The highest BCUT2D eigenvalue weighted by atomic mass is 32.2. The topological polar surface area (TPSA) is 89.3 Å². The van der Waals surface area contributed by atoms with Gasteiger partial charge in [0.25, 0.3) is 0 Å². The van der Waals surface area contributed by atoms with Crippen LogP contribution in [0.4, 0.5) is 0 Å². The van der Waals surface area contributed by atoms with Crippen LogP contribution < -0.4 is 11.1 Å². The molecule has 1 heterocycles. The fourth-order valence-electron chi connectivity index (χ4n) is 1.47. The Bertz CT molecular complexity index is 350. The lowest BCUT2D eigenvalue weighted by molar-refractivity contribution is -0.120. The van der Waals surface area contributed by atoms with Gasteiger partial charge >= 0.3 is 0 Å². The summed E-state index contributed by atoms with van der Waals surface area (Å²) in [7, 11) is -2.88. The van der Waals surface area contributed by atoms with Gasteiger partial charge in [-0.2, -0.15) is 0 Å². The molecular weight excluding hydrogens is 236 g/mol. The SMILES string of the molecule is NC(=S)CC(=O)NC1CCS(=O)(=O)CC1. The smallest absolute Gasteiger partial charge is 0.227 e. The molecule has 7 heteroatoms. The summed E-state index contributed by atoms with van der Waals surface area (Å²) in [6, 6.07) is -0.0598. The normalized spacial score (nSPS) is 20.8. The maximum Gasteiger partial charge on any atom is 0.227 e. The molecule has 0 unspecified atom stereocenters. The van der Waals surface area contributed by atoms with Crippen LogP contribution in [-0.2, 0) is 14.6 Å². The zero-order valence-corrected chi connectivity index (χ0v) is 9.86. The summed E-state index contributed by atoms with van der Waals surface area (Å²) in [5.41, 5.74) is 5.22. The van der Waals surface area contributed by atoms with Gasteiger partial charge in [0, 0.05) is 6.04 Å². The average Bonchev–Trinajstić information content (AvgIpc) is 2.07. The van der Waals surface area contributed by atoms with E-state index in [-0.39, 0.29) is 34.9 Å². The number of rotatable bonds is 3. The Morgan fingerprint density at radius 2 is 1.93 bits per heavy atom. The fourth-order valence-corrected chi connectivity index (χ4v) is 3.09. The molecule has 1 aliphatic rings. The zero-order valence-electron chi connectivity index (χ0n) is 8.23. The summed E-state index contributed by atoms with van der Waals surface area (Å²) < 4.78 is 22.2. The molecule has 0 aromatic carbocycles. The van der Waals surface area contributed by atoms with Crippen LogP contribution >= 0.6 is 12.2 Å². The molecule has 1 aliphatic heterocycles. The van der Waals surface area contributed by atoms with Crippen molar-refractivity contribution >= 4 is 33.0 Å². The van der Waals surface area contributed by atoms with E-state index in [0.29, 0.717) is 12.8 Å². The summed E-state index contributed by atoms with van der Waals surface area (Å²) in [4.78, 5) is 11.4. The van der Waals surface area contributed by atoms with Crippen LogP contribution in [0, 0.1) is 0 Å². The van der Waals surface area contributed by atoms with Crippen molar-refractivity contribution in [2.24, 2.45) is 5.73 Å². The molecule has 0 aromatic rings. The number of nitrogens with two attached hydrogens (primary N) is 1. The minimum atomic E-state index is -2.88. The third-order valence-corrected chi connectivity index (χ3v) is 4.11. The van der Waals surface area contributed by atoms with E-state index in [1.165, 1.54) is 0 Å². The molecule has 0 atom stereocenters. The molecule has 1 amide bonds. The van der Waals surface area contributed by atoms with Crippen LogP contribution in [0.1, 0.15) is 19.3 Å². The van der Waals surface area contributed by atoms with Gasteiger partial charge < -0.3 is 11.1 Å². The molecule has 3 N–H and O–H groups in total. The van der Waals surface area contributed by atoms with Crippen molar-refractivity contribution in [3.63, 3.8) is 0 Å². The predicted octanol–water partition coefficient (Wildman–Crippen LogP) is -0.644. The van der Waals surface area contributed by atoms with Crippen LogP contribution in [0.5, 0.6) is 0 Å². The molecule has 0 radical (unpaired) electrons. The Morgan fingerprint density at radius 3 is 2.40 bits per heavy atom. The summed E-state index contributed by atoms with van der Waals surface area (Å²) in [5.74, 6) is 0.0579.